The van der Waals surface area contributed by atoms with Crippen molar-refractivity contribution in [3.05, 3.63) is 0 Å². The van der Waals surface area contributed by atoms with Gasteiger partial charge in [0.15, 0.2) is 0 Å². The first-order valence-electron chi connectivity index (χ1n) is 7.25. The lowest BCUT2D eigenvalue weighted by Gasteiger charge is -2.28. The van der Waals surface area contributed by atoms with Crippen LogP contribution in [0.25, 0.3) is 0 Å². The second-order valence-corrected chi connectivity index (χ2v) is 5.40. The molecule has 0 radical (unpaired) electrons. The van der Waals surface area contributed by atoms with Gasteiger partial charge in [-0.1, -0.05) is 25.7 Å². The molecule has 0 unspecified atom stereocenters. The van der Waals surface area contributed by atoms with E-state index in [1.165, 1.54) is 0 Å². The summed E-state index contributed by atoms with van der Waals surface area (Å²) in [5.41, 5.74) is 4.03. The molecule has 4 amide bonds. The Morgan fingerprint density at radius 3 is 2.05 bits per heavy atom. The van der Waals surface area contributed by atoms with Gasteiger partial charge < -0.3 is 26.8 Å². The highest BCUT2D eigenvalue weighted by molar-refractivity contribution is 5.78. The quantitative estimate of drug-likeness (QED) is 0.358. The Morgan fingerprint density at radius 1 is 0.952 bits per heavy atom. The van der Waals surface area contributed by atoms with Crippen LogP contribution in [0, 0.1) is 5.41 Å². The molecule has 120 valence electrons. The molecule has 21 heavy (non-hydrogen) atoms. The van der Waals surface area contributed by atoms with Gasteiger partial charge in [-0.15, -0.1) is 0 Å². The zero-order valence-electron chi connectivity index (χ0n) is 12.1. The van der Waals surface area contributed by atoms with Gasteiger partial charge >= 0.3 is 18.0 Å². The molecule has 0 aromatic heterocycles. The summed E-state index contributed by atoms with van der Waals surface area (Å²) in [4.78, 5) is 33.6. The van der Waals surface area contributed by atoms with Gasteiger partial charge in [0.2, 0.25) is 0 Å². The van der Waals surface area contributed by atoms with Crippen LogP contribution in [0.5, 0.6) is 0 Å². The van der Waals surface area contributed by atoms with Crippen LogP contribution in [0.15, 0.2) is 0 Å². The minimum absolute atomic E-state index is 0.122. The number of nitrogens with one attached hydrogen (secondary N) is 3. The molecule has 1 aliphatic carbocycles. The highest BCUT2D eigenvalue weighted by Crippen LogP contribution is 2.34. The third kappa shape index (κ3) is 5.88. The third-order valence-corrected chi connectivity index (χ3v) is 3.81. The fourth-order valence-electron chi connectivity index (χ4n) is 2.55. The van der Waals surface area contributed by atoms with Gasteiger partial charge in [-0.25, -0.2) is 9.59 Å². The molecule has 8 nitrogen and oxygen atoms in total. The Kier molecular flexibility index (Phi) is 6.77. The van der Waals surface area contributed by atoms with Crippen molar-refractivity contribution in [2.45, 2.75) is 38.5 Å². The Labute approximate surface area is 123 Å². The molecule has 0 aromatic rings. The minimum atomic E-state index is -0.862. The molecular weight excluding hydrogens is 276 g/mol. The van der Waals surface area contributed by atoms with E-state index in [0.717, 1.165) is 25.7 Å². The molecular formula is C13H24N4O4. The Bertz CT molecular complexity index is 378. The van der Waals surface area contributed by atoms with E-state index in [1.54, 1.807) is 0 Å². The monoisotopic (exact) mass is 300 g/mol. The van der Waals surface area contributed by atoms with E-state index in [4.69, 9.17) is 5.73 Å². The van der Waals surface area contributed by atoms with Crippen LogP contribution < -0.4 is 21.7 Å². The molecule has 6 N–H and O–H groups in total. The molecule has 1 rings (SSSR count). The van der Waals surface area contributed by atoms with E-state index in [-0.39, 0.29) is 19.6 Å². The lowest BCUT2D eigenvalue weighted by molar-refractivity contribution is -0.149. The second-order valence-electron chi connectivity index (χ2n) is 5.40. The highest BCUT2D eigenvalue weighted by Gasteiger charge is 2.38. The lowest BCUT2D eigenvalue weighted by atomic mass is 9.80. The number of hydrogen-bond acceptors (Lipinski definition) is 3. The van der Waals surface area contributed by atoms with E-state index in [1.807, 2.05) is 0 Å². The Morgan fingerprint density at radius 2 is 1.52 bits per heavy atom. The number of rotatable bonds is 6. The summed E-state index contributed by atoms with van der Waals surface area (Å²) in [5, 5.41) is 17.0. The van der Waals surface area contributed by atoms with Gasteiger partial charge in [0, 0.05) is 19.6 Å². The standard InChI is InChI=1S/C13H24N4O4/c14-11(20)15-7-8-16-12(21)17-9-13(10(18)19)5-3-1-2-4-6-13/h1-9H2,(H,18,19)(H3,14,15,20)(H2,16,17,21). The van der Waals surface area contributed by atoms with Crippen molar-refractivity contribution in [3.63, 3.8) is 0 Å². The molecule has 0 aliphatic heterocycles. The summed E-state index contributed by atoms with van der Waals surface area (Å²) in [6.07, 6.45) is 5.01. The summed E-state index contributed by atoms with van der Waals surface area (Å²) in [5.74, 6) is -0.847. The summed E-state index contributed by atoms with van der Waals surface area (Å²) >= 11 is 0. The van der Waals surface area contributed by atoms with E-state index in [0.29, 0.717) is 12.8 Å². The number of primary amides is 1. The maximum absolute atomic E-state index is 11.6. The van der Waals surface area contributed by atoms with Crippen molar-refractivity contribution in [3.8, 4) is 0 Å². The predicted molar refractivity (Wildman–Crippen MR) is 76.8 cm³/mol. The number of aliphatic carboxylic acids is 1. The van der Waals surface area contributed by atoms with Crippen LogP contribution >= 0.6 is 0 Å². The van der Waals surface area contributed by atoms with E-state index in [2.05, 4.69) is 16.0 Å². The first-order valence-corrected chi connectivity index (χ1v) is 7.25. The molecule has 0 saturated heterocycles. The largest absolute Gasteiger partial charge is 0.481 e. The zero-order chi connectivity index (χ0) is 15.7. The number of carboxylic acids is 1. The van der Waals surface area contributed by atoms with E-state index < -0.39 is 23.4 Å². The van der Waals surface area contributed by atoms with Crippen molar-refractivity contribution < 1.29 is 19.5 Å². The van der Waals surface area contributed by atoms with Gasteiger partial charge in [-0.3, -0.25) is 4.79 Å². The van der Waals surface area contributed by atoms with E-state index in [9.17, 15) is 19.5 Å². The normalized spacial score (nSPS) is 17.3. The van der Waals surface area contributed by atoms with Crippen LogP contribution in [0.2, 0.25) is 0 Å². The minimum Gasteiger partial charge on any atom is -0.481 e. The fourth-order valence-corrected chi connectivity index (χ4v) is 2.55. The van der Waals surface area contributed by atoms with Crippen molar-refractivity contribution in [1.29, 1.82) is 0 Å². The summed E-state index contributed by atoms with van der Waals surface area (Å²) in [7, 11) is 0. The van der Waals surface area contributed by atoms with Gasteiger partial charge in [0.05, 0.1) is 5.41 Å². The third-order valence-electron chi connectivity index (χ3n) is 3.81. The van der Waals surface area contributed by atoms with Crippen LogP contribution in [0.3, 0.4) is 0 Å². The van der Waals surface area contributed by atoms with Crippen LogP contribution in [-0.4, -0.2) is 42.8 Å². The number of hydrogen-bond donors (Lipinski definition) is 5. The second kappa shape index (κ2) is 8.33. The number of nitrogens with two attached hydrogens (primary N) is 1. The average molecular weight is 300 g/mol. The zero-order valence-corrected chi connectivity index (χ0v) is 12.1. The highest BCUT2D eigenvalue weighted by atomic mass is 16.4. The maximum Gasteiger partial charge on any atom is 0.314 e. The molecule has 0 spiro atoms. The smallest absolute Gasteiger partial charge is 0.314 e. The van der Waals surface area contributed by atoms with Crippen molar-refractivity contribution in [2.24, 2.45) is 11.1 Å². The van der Waals surface area contributed by atoms with Gasteiger partial charge in [0.1, 0.15) is 0 Å². The molecule has 1 saturated carbocycles. The molecule has 0 atom stereocenters. The van der Waals surface area contributed by atoms with Crippen molar-refractivity contribution >= 4 is 18.0 Å². The number of carbonyl (C=O) groups excluding carboxylic acids is 2. The Balaban J connectivity index is 2.37. The maximum atomic E-state index is 11.6. The van der Waals surface area contributed by atoms with Crippen LogP contribution in [0.1, 0.15) is 38.5 Å². The average Bonchev–Trinajstić information content (AvgIpc) is 2.67. The molecule has 0 bridgehead atoms. The molecule has 1 fully saturated rings. The predicted octanol–water partition coefficient (Wildman–Crippen LogP) is 0.379. The number of carbonyl (C=O) groups is 3. The topological polar surface area (TPSA) is 134 Å². The van der Waals surface area contributed by atoms with E-state index >= 15 is 0 Å². The molecule has 8 heteroatoms. The van der Waals surface area contributed by atoms with Gasteiger partial charge in [-0.05, 0) is 12.8 Å². The Hall–Kier alpha value is -1.99. The number of amides is 4. The fraction of sp³-hybridized carbons (Fsp3) is 0.769. The SMILES string of the molecule is NC(=O)NCCNC(=O)NCC1(C(=O)O)CCCCCC1. The van der Waals surface area contributed by atoms with Gasteiger partial charge in [0.25, 0.3) is 0 Å². The van der Waals surface area contributed by atoms with Crippen molar-refractivity contribution in [1.82, 2.24) is 16.0 Å². The summed E-state index contributed by atoms with van der Waals surface area (Å²) < 4.78 is 0. The van der Waals surface area contributed by atoms with Crippen LogP contribution in [0.4, 0.5) is 9.59 Å². The van der Waals surface area contributed by atoms with Crippen molar-refractivity contribution in [2.75, 3.05) is 19.6 Å². The molecule has 0 aromatic carbocycles. The molecule has 1 aliphatic rings. The first-order chi connectivity index (χ1) is 9.96. The van der Waals surface area contributed by atoms with Crippen LogP contribution in [-0.2, 0) is 4.79 Å². The lowest BCUT2D eigenvalue weighted by Crippen LogP contribution is -2.47. The molecule has 0 heterocycles. The van der Waals surface area contributed by atoms with Gasteiger partial charge in [-0.2, -0.15) is 0 Å². The summed E-state index contributed by atoms with van der Waals surface area (Å²) in [6, 6.07) is -1.09. The number of urea groups is 2. The summed E-state index contributed by atoms with van der Waals surface area (Å²) in [6.45, 7) is 0.582. The number of carboxylic acid groups (broad SMARTS) is 1. The first kappa shape index (κ1) is 17.1.